The quantitative estimate of drug-likeness (QED) is 0.132. The Hall–Kier alpha value is -6.54. The van der Waals surface area contributed by atoms with Crippen molar-refractivity contribution in [2.45, 2.75) is 31.5 Å². The lowest BCUT2D eigenvalue weighted by Crippen LogP contribution is -2.31. The molecule has 0 radical (unpaired) electrons. The van der Waals surface area contributed by atoms with Crippen molar-refractivity contribution in [2.75, 3.05) is 24.9 Å². The number of carbonyl (C=O) groups excluding carboxylic acids is 2. The van der Waals surface area contributed by atoms with E-state index >= 15 is 0 Å². The second-order valence-corrected chi connectivity index (χ2v) is 12.8. The number of benzene rings is 6. The third-order valence-corrected chi connectivity index (χ3v) is 9.61. The number of hydrogen-bond acceptors (Lipinski definition) is 6. The van der Waals surface area contributed by atoms with Crippen molar-refractivity contribution in [3.63, 3.8) is 0 Å². The number of nitrogens with one attached hydrogen (secondary N) is 2. The predicted octanol–water partition coefficient (Wildman–Crippen LogP) is 8.88. The van der Waals surface area contributed by atoms with E-state index in [1.165, 1.54) is 0 Å². The van der Waals surface area contributed by atoms with Crippen LogP contribution in [0.2, 0.25) is 0 Å². The zero-order valence-corrected chi connectivity index (χ0v) is 30.0. The summed E-state index contributed by atoms with van der Waals surface area (Å²) in [6, 6.07) is 47.2. The first kappa shape index (κ1) is 34.9. The lowest BCUT2D eigenvalue weighted by atomic mass is 9.67. The average molecular weight is 705 g/mol. The highest BCUT2D eigenvalue weighted by Gasteiger charge is 2.45. The van der Waals surface area contributed by atoms with Gasteiger partial charge in [-0.2, -0.15) is 0 Å². The Morgan fingerprint density at radius 1 is 0.472 bits per heavy atom. The molecule has 2 atom stereocenters. The van der Waals surface area contributed by atoms with Gasteiger partial charge in [-0.15, -0.1) is 0 Å². The summed E-state index contributed by atoms with van der Waals surface area (Å²) in [6.45, 7) is 3.44. The molecule has 6 aromatic rings. The van der Waals surface area contributed by atoms with Gasteiger partial charge in [0.1, 0.15) is 23.0 Å². The maximum absolute atomic E-state index is 13.2. The molecule has 0 fully saturated rings. The van der Waals surface area contributed by atoms with Gasteiger partial charge in [0.05, 0.1) is 19.6 Å². The summed E-state index contributed by atoms with van der Waals surface area (Å²) in [5.41, 5.74) is 7.34. The van der Waals surface area contributed by atoms with Crippen molar-refractivity contribution >= 4 is 23.2 Å². The first-order valence-corrected chi connectivity index (χ1v) is 17.4. The number of fused-ring (bicyclic) bond motifs is 3. The molecule has 2 unspecified atom stereocenters. The molecule has 266 valence electrons. The summed E-state index contributed by atoms with van der Waals surface area (Å²) in [4.78, 5) is 26.3. The van der Waals surface area contributed by atoms with Gasteiger partial charge in [0.25, 0.3) is 11.8 Å². The van der Waals surface area contributed by atoms with Crippen LogP contribution in [-0.2, 0) is 15.0 Å². The van der Waals surface area contributed by atoms with E-state index in [1.54, 1.807) is 76.6 Å². The zero-order chi connectivity index (χ0) is 37.0. The zero-order valence-electron chi connectivity index (χ0n) is 30.0. The second kappa shape index (κ2) is 15.0. The third-order valence-electron chi connectivity index (χ3n) is 9.61. The van der Waals surface area contributed by atoms with Crippen molar-refractivity contribution in [3.8, 4) is 34.1 Å². The number of ether oxygens (including phenoxy) is 4. The van der Waals surface area contributed by atoms with E-state index in [1.807, 2.05) is 24.3 Å². The van der Waals surface area contributed by atoms with Crippen LogP contribution >= 0.6 is 0 Å². The second-order valence-electron chi connectivity index (χ2n) is 12.8. The molecule has 53 heavy (non-hydrogen) atoms. The van der Waals surface area contributed by atoms with Gasteiger partial charge in [0.2, 0.25) is 0 Å². The molecule has 2 amide bonds. The molecule has 6 aromatic carbocycles. The molecule has 8 nitrogen and oxygen atoms in total. The van der Waals surface area contributed by atoms with Gasteiger partial charge in [-0.3, -0.25) is 9.59 Å². The molecule has 7 rings (SSSR count). The third kappa shape index (κ3) is 6.91. The van der Waals surface area contributed by atoms with Crippen LogP contribution in [-0.4, -0.2) is 38.2 Å². The summed E-state index contributed by atoms with van der Waals surface area (Å²) in [6.07, 6.45) is -1.45. The number of methoxy groups -OCH3 is 2. The van der Waals surface area contributed by atoms with E-state index in [0.29, 0.717) is 34.4 Å². The molecule has 0 heterocycles. The van der Waals surface area contributed by atoms with Gasteiger partial charge in [-0.1, -0.05) is 72.8 Å². The minimum Gasteiger partial charge on any atom is -0.497 e. The first-order chi connectivity index (χ1) is 25.8. The maximum Gasteiger partial charge on any atom is 0.265 e. The fraction of sp³-hybridized carbons (Fsp3) is 0.156. The number of hydrogen-bond donors (Lipinski definition) is 2. The summed E-state index contributed by atoms with van der Waals surface area (Å²) in [5, 5.41) is 6.01. The van der Waals surface area contributed by atoms with Crippen LogP contribution in [0.1, 0.15) is 36.1 Å². The molecular weight excluding hydrogens is 665 g/mol. The Morgan fingerprint density at radius 3 is 1.17 bits per heavy atom. The lowest BCUT2D eigenvalue weighted by Gasteiger charge is -2.34. The Labute approximate surface area is 309 Å². The molecule has 0 bridgehead atoms. The van der Waals surface area contributed by atoms with Gasteiger partial charge >= 0.3 is 0 Å². The van der Waals surface area contributed by atoms with E-state index in [9.17, 15) is 9.59 Å². The summed E-state index contributed by atoms with van der Waals surface area (Å²) in [5.74, 6) is 2.05. The Morgan fingerprint density at radius 2 is 0.811 bits per heavy atom. The fourth-order valence-corrected chi connectivity index (χ4v) is 6.94. The summed E-state index contributed by atoms with van der Waals surface area (Å²) in [7, 11) is 3.20. The number of rotatable bonds is 12. The van der Waals surface area contributed by atoms with Gasteiger partial charge in [0, 0.05) is 11.4 Å². The van der Waals surface area contributed by atoms with E-state index in [0.717, 1.165) is 33.4 Å². The normalized spacial score (nSPS) is 13.4. The molecule has 0 spiro atoms. The predicted molar refractivity (Wildman–Crippen MR) is 207 cm³/mol. The highest BCUT2D eigenvalue weighted by atomic mass is 16.5. The van der Waals surface area contributed by atoms with Gasteiger partial charge in [-0.05, 0) is 120 Å². The van der Waals surface area contributed by atoms with Crippen molar-refractivity contribution < 1.29 is 28.5 Å². The van der Waals surface area contributed by atoms with E-state index in [4.69, 9.17) is 18.9 Å². The topological polar surface area (TPSA) is 95.1 Å². The van der Waals surface area contributed by atoms with Gasteiger partial charge < -0.3 is 29.6 Å². The number of anilines is 2. The van der Waals surface area contributed by atoms with E-state index in [-0.39, 0.29) is 11.8 Å². The molecule has 0 aromatic heterocycles. The summed E-state index contributed by atoms with van der Waals surface area (Å²) < 4.78 is 22.2. The van der Waals surface area contributed by atoms with E-state index in [2.05, 4.69) is 83.4 Å². The SMILES string of the molecule is COc1ccc(OC(C)C(=O)Nc2ccc(C3(c4ccc(NC(=O)C(C)Oc5ccc(OC)cc5)cc4)c4ccccc4-c4ccccc43)cc2)cc1. The Bertz CT molecular complexity index is 2050. The minimum absolute atomic E-state index is 0.263. The highest BCUT2D eigenvalue weighted by molar-refractivity contribution is 5.95. The Balaban J connectivity index is 1.15. The van der Waals surface area contributed by atoms with Crippen LogP contribution in [0.25, 0.3) is 11.1 Å². The highest BCUT2D eigenvalue weighted by Crippen LogP contribution is 2.56. The molecule has 0 saturated heterocycles. The lowest BCUT2D eigenvalue weighted by molar-refractivity contribution is -0.122. The van der Waals surface area contributed by atoms with E-state index < -0.39 is 17.6 Å². The molecule has 1 aliphatic rings. The maximum atomic E-state index is 13.2. The first-order valence-electron chi connectivity index (χ1n) is 17.4. The van der Waals surface area contributed by atoms with Crippen LogP contribution in [0.3, 0.4) is 0 Å². The number of carbonyl (C=O) groups is 2. The standard InChI is InChI=1S/C45H40N2O6/c1-29(52-37-25-21-35(50-3)22-26-37)43(48)46-33-17-13-31(14-18-33)45(41-11-7-5-9-39(41)40-10-6-8-12-42(40)45)32-15-19-34(20-16-32)47-44(49)30(2)53-38-27-23-36(51-4)24-28-38/h5-30H,1-4H3,(H,46,48)(H,47,49). The molecular formula is C45H40N2O6. The smallest absolute Gasteiger partial charge is 0.265 e. The van der Waals surface area contributed by atoms with Crippen LogP contribution in [0.5, 0.6) is 23.0 Å². The van der Waals surface area contributed by atoms with Crippen molar-refractivity contribution in [1.29, 1.82) is 0 Å². The fourth-order valence-electron chi connectivity index (χ4n) is 6.94. The minimum atomic E-state index is -0.723. The van der Waals surface area contributed by atoms with Gasteiger partial charge in [0.15, 0.2) is 12.2 Å². The van der Waals surface area contributed by atoms with Crippen LogP contribution < -0.4 is 29.6 Å². The largest absolute Gasteiger partial charge is 0.497 e. The van der Waals surface area contributed by atoms with Crippen LogP contribution in [0, 0.1) is 0 Å². The van der Waals surface area contributed by atoms with Crippen molar-refractivity contribution in [2.24, 2.45) is 0 Å². The number of amides is 2. The summed E-state index contributed by atoms with van der Waals surface area (Å²) >= 11 is 0. The van der Waals surface area contributed by atoms with Crippen LogP contribution in [0.4, 0.5) is 11.4 Å². The van der Waals surface area contributed by atoms with Crippen LogP contribution in [0.15, 0.2) is 146 Å². The molecule has 8 heteroatoms. The monoisotopic (exact) mass is 704 g/mol. The van der Waals surface area contributed by atoms with Crippen molar-refractivity contribution in [3.05, 3.63) is 168 Å². The van der Waals surface area contributed by atoms with Crippen molar-refractivity contribution in [1.82, 2.24) is 0 Å². The van der Waals surface area contributed by atoms with Gasteiger partial charge in [-0.25, -0.2) is 0 Å². The Kier molecular flexibility index (Phi) is 9.86. The molecule has 0 saturated carbocycles. The molecule has 0 aliphatic heterocycles. The molecule has 2 N–H and O–H groups in total. The molecule has 1 aliphatic carbocycles. The average Bonchev–Trinajstić information content (AvgIpc) is 3.50.